The molecule has 8 heteroatoms. The minimum Gasteiger partial charge on any atom is -0.391 e. The minimum atomic E-state index is -1.65. The van der Waals surface area contributed by atoms with Gasteiger partial charge in [0.2, 0.25) is 0 Å². The maximum absolute atomic E-state index is 10.5. The molecular weight excluding hydrogens is 276 g/mol. The Morgan fingerprint density at radius 3 is 2.95 bits per heavy atom. The van der Waals surface area contributed by atoms with Gasteiger partial charge in [-0.3, -0.25) is 4.57 Å². The van der Waals surface area contributed by atoms with Crippen LogP contribution >= 0.6 is 0 Å². The normalized spacial score (nSPS) is 32.6. The lowest BCUT2D eigenvalue weighted by molar-refractivity contribution is -0.153. The van der Waals surface area contributed by atoms with Crippen molar-refractivity contribution in [1.29, 1.82) is 0 Å². The van der Waals surface area contributed by atoms with Crippen LogP contribution in [0.2, 0.25) is 0 Å². The second-order valence-corrected chi connectivity index (χ2v) is 5.07. The largest absolute Gasteiger partial charge is 0.391 e. The van der Waals surface area contributed by atoms with E-state index in [2.05, 4.69) is 16.5 Å². The fraction of sp³-hybridized carbons (Fsp3) is 0.385. The maximum atomic E-state index is 10.5. The third-order valence-corrected chi connectivity index (χ3v) is 3.95. The summed E-state index contributed by atoms with van der Waals surface area (Å²) in [4.78, 5) is 7.99. The van der Waals surface area contributed by atoms with Crippen molar-refractivity contribution in [2.45, 2.75) is 17.4 Å². The van der Waals surface area contributed by atoms with Crippen LogP contribution in [0, 0.1) is 0 Å². The fourth-order valence-corrected chi connectivity index (χ4v) is 2.65. The Balaban J connectivity index is 2.20. The molecule has 5 N–H and O–H groups in total. The van der Waals surface area contributed by atoms with Crippen molar-refractivity contribution >= 4 is 16.9 Å². The quantitative estimate of drug-likeness (QED) is 0.532. The molecule has 0 aromatic carbocycles. The fourth-order valence-electron chi connectivity index (χ4n) is 2.65. The highest BCUT2D eigenvalue weighted by atomic mass is 16.6. The molecule has 0 unspecified atom stereocenters. The van der Waals surface area contributed by atoms with E-state index in [0.717, 1.165) is 0 Å². The first-order chi connectivity index (χ1) is 9.98. The number of aliphatic hydroxyl groups is 3. The number of hydrogen-bond donors (Lipinski definition) is 4. The molecule has 1 fully saturated rings. The van der Waals surface area contributed by atoms with Crippen LogP contribution in [0.3, 0.4) is 0 Å². The molecular formula is C13H16N4O4. The van der Waals surface area contributed by atoms with E-state index < -0.39 is 24.0 Å². The van der Waals surface area contributed by atoms with E-state index in [-0.39, 0.29) is 12.4 Å². The Kier molecular flexibility index (Phi) is 2.99. The standard InChI is InChI=1S/C13H16N4O4/c1-2-12(20)6-21-13(5-18,11(12)19)17-4-3-8-9(14)15-7-16-10(8)17/h2-4,7,11,18-20H,1,5-6H2,(H2,14,15,16)/t11-,12-,13-/m0/s1. The van der Waals surface area contributed by atoms with Crippen LogP contribution in [-0.2, 0) is 10.5 Å². The van der Waals surface area contributed by atoms with Crippen LogP contribution in [0.1, 0.15) is 0 Å². The van der Waals surface area contributed by atoms with Crippen molar-refractivity contribution in [2.75, 3.05) is 18.9 Å². The van der Waals surface area contributed by atoms with E-state index in [1.165, 1.54) is 17.0 Å². The highest BCUT2D eigenvalue weighted by molar-refractivity contribution is 5.86. The van der Waals surface area contributed by atoms with E-state index in [0.29, 0.717) is 11.0 Å². The summed E-state index contributed by atoms with van der Waals surface area (Å²) in [6, 6.07) is 1.66. The van der Waals surface area contributed by atoms with Gasteiger partial charge in [-0.25, -0.2) is 9.97 Å². The van der Waals surface area contributed by atoms with Gasteiger partial charge in [0.05, 0.1) is 18.6 Å². The number of rotatable bonds is 3. The summed E-state index contributed by atoms with van der Waals surface area (Å²) in [6.45, 7) is 2.74. The average Bonchev–Trinajstić information content (AvgIpc) is 3.03. The van der Waals surface area contributed by atoms with Crippen LogP contribution in [0.15, 0.2) is 31.2 Å². The van der Waals surface area contributed by atoms with E-state index in [1.807, 2.05) is 0 Å². The minimum absolute atomic E-state index is 0.196. The first kappa shape index (κ1) is 14.0. The van der Waals surface area contributed by atoms with E-state index in [4.69, 9.17) is 10.5 Å². The van der Waals surface area contributed by atoms with Gasteiger partial charge < -0.3 is 25.8 Å². The van der Waals surface area contributed by atoms with Crippen molar-refractivity contribution < 1.29 is 20.1 Å². The van der Waals surface area contributed by atoms with Gasteiger partial charge in [0.1, 0.15) is 29.5 Å². The van der Waals surface area contributed by atoms with Crippen molar-refractivity contribution in [3.8, 4) is 0 Å². The number of anilines is 1. The molecule has 0 saturated carbocycles. The number of nitrogens with two attached hydrogens (primary N) is 1. The van der Waals surface area contributed by atoms with Crippen LogP contribution in [0.25, 0.3) is 11.0 Å². The van der Waals surface area contributed by atoms with Gasteiger partial charge in [-0.1, -0.05) is 6.08 Å². The summed E-state index contributed by atoms with van der Waals surface area (Å²) in [7, 11) is 0. The molecule has 0 radical (unpaired) electrons. The molecule has 21 heavy (non-hydrogen) atoms. The third kappa shape index (κ3) is 1.70. The molecule has 2 aromatic heterocycles. The number of aliphatic hydroxyl groups excluding tert-OH is 2. The molecule has 112 valence electrons. The highest BCUT2D eigenvalue weighted by Gasteiger charge is 2.57. The summed E-state index contributed by atoms with van der Waals surface area (Å²) in [5.74, 6) is 0.276. The monoisotopic (exact) mass is 292 g/mol. The molecule has 2 aromatic rings. The van der Waals surface area contributed by atoms with Gasteiger partial charge >= 0.3 is 0 Å². The molecule has 1 saturated heterocycles. The van der Waals surface area contributed by atoms with Gasteiger partial charge in [0.25, 0.3) is 0 Å². The third-order valence-electron chi connectivity index (χ3n) is 3.95. The van der Waals surface area contributed by atoms with Gasteiger partial charge in [-0.2, -0.15) is 0 Å². The lowest BCUT2D eigenvalue weighted by atomic mass is 9.93. The van der Waals surface area contributed by atoms with Gasteiger partial charge in [0, 0.05) is 6.20 Å². The first-order valence-electron chi connectivity index (χ1n) is 6.35. The molecule has 0 bridgehead atoms. The highest BCUT2D eigenvalue weighted by Crippen LogP contribution is 2.40. The maximum Gasteiger partial charge on any atom is 0.198 e. The Morgan fingerprint density at radius 1 is 1.57 bits per heavy atom. The van der Waals surface area contributed by atoms with Gasteiger partial charge in [-0.05, 0) is 6.07 Å². The summed E-state index contributed by atoms with van der Waals surface area (Å²) in [5.41, 5.74) is 2.94. The predicted molar refractivity (Wildman–Crippen MR) is 74.1 cm³/mol. The van der Waals surface area contributed by atoms with Gasteiger partial charge in [0.15, 0.2) is 5.72 Å². The Bertz CT molecular complexity index is 703. The zero-order valence-corrected chi connectivity index (χ0v) is 11.2. The number of ether oxygens (including phenoxy) is 1. The van der Waals surface area contributed by atoms with Crippen LogP contribution in [-0.4, -0.2) is 54.8 Å². The number of aromatic nitrogens is 3. The smallest absolute Gasteiger partial charge is 0.198 e. The van der Waals surface area contributed by atoms with Crippen LogP contribution in [0.5, 0.6) is 0 Å². The van der Waals surface area contributed by atoms with Crippen LogP contribution < -0.4 is 5.73 Å². The molecule has 1 aliphatic rings. The van der Waals surface area contributed by atoms with Crippen molar-refractivity contribution in [1.82, 2.24) is 14.5 Å². The Hall–Kier alpha value is -2.00. The summed E-state index contributed by atoms with van der Waals surface area (Å²) in [5, 5.41) is 31.1. The van der Waals surface area contributed by atoms with Crippen molar-refractivity contribution in [3.05, 3.63) is 31.2 Å². The van der Waals surface area contributed by atoms with E-state index in [9.17, 15) is 15.3 Å². The van der Waals surface area contributed by atoms with Crippen molar-refractivity contribution in [2.24, 2.45) is 0 Å². The molecule has 3 atom stereocenters. The molecule has 0 aliphatic carbocycles. The van der Waals surface area contributed by atoms with Crippen LogP contribution in [0.4, 0.5) is 5.82 Å². The molecule has 1 aliphatic heterocycles. The number of hydrogen-bond acceptors (Lipinski definition) is 7. The second kappa shape index (κ2) is 4.50. The van der Waals surface area contributed by atoms with Gasteiger partial charge in [-0.15, -0.1) is 6.58 Å². The second-order valence-electron chi connectivity index (χ2n) is 5.07. The summed E-state index contributed by atoms with van der Waals surface area (Å²) >= 11 is 0. The zero-order chi connectivity index (χ0) is 15.3. The number of nitrogens with zero attached hydrogens (tertiary/aromatic N) is 3. The predicted octanol–water partition coefficient (Wildman–Crippen LogP) is -1.03. The lowest BCUT2D eigenvalue weighted by Gasteiger charge is -2.34. The average molecular weight is 292 g/mol. The SMILES string of the molecule is C=C[C@]1(O)CO[C@](CO)(n2ccc3c(N)ncnc32)[C@H]1O. The Labute approximate surface area is 120 Å². The Morgan fingerprint density at radius 2 is 2.33 bits per heavy atom. The molecule has 0 amide bonds. The topological polar surface area (TPSA) is 127 Å². The first-order valence-corrected chi connectivity index (χ1v) is 6.35. The van der Waals surface area contributed by atoms with E-state index in [1.54, 1.807) is 12.3 Å². The van der Waals surface area contributed by atoms with Crippen molar-refractivity contribution in [3.63, 3.8) is 0 Å². The molecule has 3 heterocycles. The summed E-state index contributed by atoms with van der Waals surface area (Å²) < 4.78 is 6.99. The molecule has 0 spiro atoms. The van der Waals surface area contributed by atoms with E-state index >= 15 is 0 Å². The molecule has 3 rings (SSSR count). The zero-order valence-electron chi connectivity index (χ0n) is 11.2. The number of fused-ring (bicyclic) bond motifs is 1. The number of nitrogen functional groups attached to an aromatic ring is 1. The lowest BCUT2D eigenvalue weighted by Crippen LogP contribution is -2.52. The molecule has 8 nitrogen and oxygen atoms in total. The summed E-state index contributed by atoms with van der Waals surface area (Å²) in [6.07, 6.45) is 2.63.